The largest absolute Gasteiger partial charge is 0.364 e. The van der Waals surface area contributed by atoms with E-state index < -0.39 is 0 Å². The maximum Gasteiger partial charge on any atom is 0.249 e. The number of carbonyl (C=O) groups excluding carboxylic acids is 1. The molecule has 6 heteroatoms. The third kappa shape index (κ3) is 4.01. The molecule has 1 N–H and O–H groups in total. The van der Waals surface area contributed by atoms with Crippen LogP contribution in [0, 0.1) is 18.8 Å². The summed E-state index contributed by atoms with van der Waals surface area (Å²) in [5.41, 5.74) is 1.66. The van der Waals surface area contributed by atoms with Gasteiger partial charge in [-0.1, -0.05) is 6.42 Å². The number of aromatic nitrogens is 2. The molecule has 0 aromatic carbocycles. The quantitative estimate of drug-likeness (QED) is 0.880. The zero-order valence-corrected chi connectivity index (χ0v) is 15.0. The zero-order chi connectivity index (χ0) is 17.2. The Morgan fingerprint density at radius 3 is 2.92 bits per heavy atom. The normalized spacial score (nSPS) is 29.9. The number of piperidine rings is 1. The van der Waals surface area contributed by atoms with E-state index in [1.54, 1.807) is 12.4 Å². The predicted molar refractivity (Wildman–Crippen MR) is 93.8 cm³/mol. The van der Waals surface area contributed by atoms with Gasteiger partial charge in [-0.15, -0.1) is 0 Å². The zero-order valence-electron chi connectivity index (χ0n) is 15.0. The number of fused-ring (bicyclic) bond motifs is 1. The van der Waals surface area contributed by atoms with Crippen molar-refractivity contribution in [2.45, 2.75) is 57.8 Å². The van der Waals surface area contributed by atoms with E-state index in [0.29, 0.717) is 12.5 Å². The van der Waals surface area contributed by atoms with E-state index in [-0.39, 0.29) is 18.1 Å². The molecule has 1 amide bonds. The van der Waals surface area contributed by atoms with Crippen LogP contribution in [0.4, 0.5) is 0 Å². The SMILES string of the molecule is Cc1cnc(CNC(=O)[C@H]2C[C@@H]3CCN(CC4CCC4)C[C@H]3O2)cn1. The van der Waals surface area contributed by atoms with E-state index in [2.05, 4.69) is 20.2 Å². The summed E-state index contributed by atoms with van der Waals surface area (Å²) >= 11 is 0. The van der Waals surface area contributed by atoms with Gasteiger partial charge in [0.15, 0.2) is 0 Å². The summed E-state index contributed by atoms with van der Waals surface area (Å²) in [5.74, 6) is 1.42. The van der Waals surface area contributed by atoms with Crippen molar-refractivity contribution >= 4 is 5.91 Å². The fraction of sp³-hybridized carbons (Fsp3) is 0.737. The number of carbonyl (C=O) groups is 1. The van der Waals surface area contributed by atoms with Crippen LogP contribution in [0.15, 0.2) is 12.4 Å². The lowest BCUT2D eigenvalue weighted by molar-refractivity contribution is -0.133. The maximum atomic E-state index is 12.4. The standard InChI is InChI=1S/C19H28N4O2/c1-13-8-21-16(9-20-13)10-22-19(24)17-7-15-5-6-23(12-18(15)25-17)11-14-3-2-4-14/h8-9,14-15,17-18H,2-7,10-12H2,1H3,(H,22,24)/t15-,17+,18+/m0/s1. The van der Waals surface area contributed by atoms with Gasteiger partial charge in [-0.05, 0) is 51.0 Å². The van der Waals surface area contributed by atoms with Crippen LogP contribution in [-0.2, 0) is 16.1 Å². The number of rotatable bonds is 5. The number of hydrogen-bond donors (Lipinski definition) is 1. The van der Waals surface area contributed by atoms with Crippen molar-refractivity contribution in [1.29, 1.82) is 0 Å². The van der Waals surface area contributed by atoms with Gasteiger partial charge in [0.25, 0.3) is 0 Å². The van der Waals surface area contributed by atoms with Crippen LogP contribution in [0.1, 0.15) is 43.5 Å². The summed E-state index contributed by atoms with van der Waals surface area (Å²) in [6.45, 7) is 5.69. The average Bonchev–Trinajstić information content (AvgIpc) is 3.01. The predicted octanol–water partition coefficient (Wildman–Crippen LogP) is 1.68. The second-order valence-electron chi connectivity index (χ2n) is 7.87. The van der Waals surface area contributed by atoms with E-state index in [4.69, 9.17) is 4.74 Å². The molecule has 1 aromatic heterocycles. The highest BCUT2D eigenvalue weighted by Crippen LogP contribution is 2.35. The van der Waals surface area contributed by atoms with Gasteiger partial charge in [0, 0.05) is 19.3 Å². The van der Waals surface area contributed by atoms with Gasteiger partial charge in [-0.3, -0.25) is 14.8 Å². The smallest absolute Gasteiger partial charge is 0.249 e. The Morgan fingerprint density at radius 1 is 1.32 bits per heavy atom. The molecule has 0 radical (unpaired) electrons. The lowest BCUT2D eigenvalue weighted by Crippen LogP contribution is -2.45. The first-order chi connectivity index (χ1) is 12.2. The highest BCUT2D eigenvalue weighted by atomic mass is 16.5. The Balaban J connectivity index is 1.25. The number of hydrogen-bond acceptors (Lipinski definition) is 5. The van der Waals surface area contributed by atoms with Crippen molar-refractivity contribution in [2.75, 3.05) is 19.6 Å². The molecule has 1 aliphatic carbocycles. The summed E-state index contributed by atoms with van der Waals surface area (Å²) < 4.78 is 6.11. The highest BCUT2D eigenvalue weighted by Gasteiger charge is 2.42. The molecule has 3 fully saturated rings. The molecule has 1 saturated carbocycles. The molecule has 0 spiro atoms. The number of amides is 1. The van der Waals surface area contributed by atoms with Gasteiger partial charge >= 0.3 is 0 Å². The van der Waals surface area contributed by atoms with Crippen molar-refractivity contribution in [1.82, 2.24) is 20.2 Å². The molecule has 1 aromatic rings. The average molecular weight is 344 g/mol. The van der Waals surface area contributed by atoms with Crippen LogP contribution in [0.2, 0.25) is 0 Å². The molecular formula is C19H28N4O2. The van der Waals surface area contributed by atoms with Gasteiger partial charge in [-0.2, -0.15) is 0 Å². The van der Waals surface area contributed by atoms with Crippen LogP contribution in [0.25, 0.3) is 0 Å². The van der Waals surface area contributed by atoms with Crippen molar-refractivity contribution in [3.05, 3.63) is 23.8 Å². The van der Waals surface area contributed by atoms with Crippen molar-refractivity contribution in [3.8, 4) is 0 Å². The minimum Gasteiger partial charge on any atom is -0.364 e. The summed E-state index contributed by atoms with van der Waals surface area (Å²) in [6.07, 6.45) is 9.53. The monoisotopic (exact) mass is 344 g/mol. The molecule has 2 saturated heterocycles. The summed E-state index contributed by atoms with van der Waals surface area (Å²) in [4.78, 5) is 23.5. The third-order valence-electron chi connectivity index (χ3n) is 5.95. The highest BCUT2D eigenvalue weighted by molar-refractivity contribution is 5.81. The van der Waals surface area contributed by atoms with E-state index in [9.17, 15) is 4.79 Å². The second-order valence-corrected chi connectivity index (χ2v) is 7.87. The van der Waals surface area contributed by atoms with Gasteiger partial charge in [0.2, 0.25) is 5.91 Å². The fourth-order valence-corrected chi connectivity index (χ4v) is 4.17. The second kappa shape index (κ2) is 7.38. The van der Waals surface area contributed by atoms with Gasteiger partial charge in [0.1, 0.15) is 6.10 Å². The molecule has 0 bridgehead atoms. The Morgan fingerprint density at radius 2 is 2.20 bits per heavy atom. The Hall–Kier alpha value is -1.53. The molecule has 25 heavy (non-hydrogen) atoms. The first kappa shape index (κ1) is 16.9. The van der Waals surface area contributed by atoms with Crippen LogP contribution in [-0.4, -0.2) is 52.6 Å². The number of aryl methyl sites for hydroxylation is 1. The first-order valence-corrected chi connectivity index (χ1v) is 9.60. The van der Waals surface area contributed by atoms with Crippen LogP contribution in [0.5, 0.6) is 0 Å². The molecule has 3 heterocycles. The van der Waals surface area contributed by atoms with Gasteiger partial charge in [0.05, 0.1) is 30.2 Å². The molecular weight excluding hydrogens is 316 g/mol. The Kier molecular flexibility index (Phi) is 4.99. The Labute approximate surface area is 149 Å². The van der Waals surface area contributed by atoms with Gasteiger partial charge < -0.3 is 15.0 Å². The van der Waals surface area contributed by atoms with Crippen molar-refractivity contribution in [2.24, 2.45) is 11.8 Å². The molecule has 2 aliphatic heterocycles. The molecule has 6 nitrogen and oxygen atoms in total. The number of nitrogens with one attached hydrogen (secondary N) is 1. The summed E-state index contributed by atoms with van der Waals surface area (Å²) in [7, 11) is 0. The minimum absolute atomic E-state index is 0.0117. The third-order valence-corrected chi connectivity index (χ3v) is 5.95. The molecule has 3 aliphatic rings. The number of likely N-dealkylation sites (tertiary alicyclic amines) is 1. The van der Waals surface area contributed by atoms with Crippen LogP contribution >= 0.6 is 0 Å². The lowest BCUT2D eigenvalue weighted by atomic mass is 9.84. The lowest BCUT2D eigenvalue weighted by Gasteiger charge is -2.38. The van der Waals surface area contributed by atoms with Crippen molar-refractivity contribution < 1.29 is 9.53 Å². The maximum absolute atomic E-state index is 12.4. The first-order valence-electron chi connectivity index (χ1n) is 9.60. The molecule has 136 valence electrons. The summed E-state index contributed by atoms with van der Waals surface area (Å²) in [5, 5.41) is 2.95. The molecule has 3 atom stereocenters. The van der Waals surface area contributed by atoms with E-state index in [0.717, 1.165) is 43.2 Å². The molecule has 0 unspecified atom stereocenters. The van der Waals surface area contributed by atoms with Gasteiger partial charge in [-0.25, -0.2) is 0 Å². The van der Waals surface area contributed by atoms with Crippen molar-refractivity contribution in [3.63, 3.8) is 0 Å². The van der Waals surface area contributed by atoms with E-state index in [1.807, 2.05) is 6.92 Å². The van der Waals surface area contributed by atoms with E-state index in [1.165, 1.54) is 25.8 Å². The summed E-state index contributed by atoms with van der Waals surface area (Å²) in [6, 6.07) is 0. The fourth-order valence-electron chi connectivity index (χ4n) is 4.17. The van der Waals surface area contributed by atoms with Crippen LogP contribution < -0.4 is 5.32 Å². The molecule has 4 rings (SSSR count). The van der Waals surface area contributed by atoms with E-state index >= 15 is 0 Å². The topological polar surface area (TPSA) is 67.4 Å². The number of ether oxygens (including phenoxy) is 1. The Bertz CT molecular complexity index is 602. The number of nitrogens with zero attached hydrogens (tertiary/aromatic N) is 3. The minimum atomic E-state index is -0.308. The van der Waals surface area contributed by atoms with Crippen LogP contribution in [0.3, 0.4) is 0 Å².